The number of nitrogens with zero attached hydrogens (tertiary/aromatic N) is 1. The molecular formula is C17H18N2O2. The monoisotopic (exact) mass is 282 g/mol. The molecule has 1 aliphatic rings. The van der Waals surface area contributed by atoms with Crippen LogP contribution in [0.4, 0.5) is 5.82 Å². The van der Waals surface area contributed by atoms with Gasteiger partial charge in [-0.05, 0) is 30.5 Å². The smallest absolute Gasteiger partial charge is 0.228 e. The highest BCUT2D eigenvalue weighted by atomic mass is 16.5. The number of carbonyl (C=O) groups excluding carboxylic acids is 1. The highest BCUT2D eigenvalue weighted by molar-refractivity contribution is 5.92. The normalized spacial score (nSPS) is 20.6. The van der Waals surface area contributed by atoms with Gasteiger partial charge in [-0.1, -0.05) is 36.4 Å². The minimum absolute atomic E-state index is 0.0350. The first-order valence-electron chi connectivity index (χ1n) is 7.18. The molecule has 1 amide bonds. The van der Waals surface area contributed by atoms with Crippen molar-refractivity contribution >= 4 is 11.7 Å². The third-order valence-electron chi connectivity index (χ3n) is 3.71. The van der Waals surface area contributed by atoms with Gasteiger partial charge in [0.1, 0.15) is 5.82 Å². The summed E-state index contributed by atoms with van der Waals surface area (Å²) in [5, 5.41) is 2.83. The summed E-state index contributed by atoms with van der Waals surface area (Å²) in [7, 11) is 0. The molecule has 0 saturated heterocycles. The molecule has 0 aliphatic heterocycles. The van der Waals surface area contributed by atoms with Crippen LogP contribution in [0.2, 0.25) is 0 Å². The number of hydrogen-bond donors (Lipinski definition) is 1. The summed E-state index contributed by atoms with van der Waals surface area (Å²) in [6.45, 7) is 0.611. The molecule has 1 fully saturated rings. The SMILES string of the molecule is O=C(Nc1ccccn1)[C@H]1C[C@H](OCc2ccccc2)C1. The first kappa shape index (κ1) is 13.8. The molecule has 0 bridgehead atoms. The van der Waals surface area contributed by atoms with E-state index >= 15 is 0 Å². The zero-order valence-electron chi connectivity index (χ0n) is 11.7. The molecule has 1 N–H and O–H groups in total. The first-order valence-corrected chi connectivity index (χ1v) is 7.18. The summed E-state index contributed by atoms with van der Waals surface area (Å²) in [4.78, 5) is 16.1. The quantitative estimate of drug-likeness (QED) is 0.917. The maximum atomic E-state index is 12.0. The number of amides is 1. The molecule has 1 saturated carbocycles. The van der Waals surface area contributed by atoms with Crippen molar-refractivity contribution in [2.75, 3.05) is 5.32 Å². The van der Waals surface area contributed by atoms with E-state index in [1.54, 1.807) is 12.3 Å². The van der Waals surface area contributed by atoms with Gasteiger partial charge in [-0.2, -0.15) is 0 Å². The van der Waals surface area contributed by atoms with Crippen LogP contribution in [-0.2, 0) is 16.1 Å². The number of anilines is 1. The number of nitrogens with one attached hydrogen (secondary N) is 1. The first-order chi connectivity index (χ1) is 10.3. The lowest BCUT2D eigenvalue weighted by Crippen LogP contribution is -2.39. The molecule has 1 heterocycles. The fraction of sp³-hybridized carbons (Fsp3) is 0.294. The van der Waals surface area contributed by atoms with Gasteiger partial charge in [-0.3, -0.25) is 4.79 Å². The molecular weight excluding hydrogens is 264 g/mol. The van der Waals surface area contributed by atoms with E-state index in [0.29, 0.717) is 12.4 Å². The zero-order chi connectivity index (χ0) is 14.5. The number of ether oxygens (including phenoxy) is 1. The Bertz CT molecular complexity index is 580. The van der Waals surface area contributed by atoms with Crippen LogP contribution in [0.25, 0.3) is 0 Å². The second kappa shape index (κ2) is 6.50. The van der Waals surface area contributed by atoms with E-state index in [1.807, 2.05) is 42.5 Å². The molecule has 1 aliphatic carbocycles. The molecule has 21 heavy (non-hydrogen) atoms. The van der Waals surface area contributed by atoms with Crippen LogP contribution < -0.4 is 5.32 Å². The zero-order valence-corrected chi connectivity index (χ0v) is 11.7. The van der Waals surface area contributed by atoms with Gasteiger partial charge in [-0.25, -0.2) is 4.98 Å². The van der Waals surface area contributed by atoms with E-state index < -0.39 is 0 Å². The number of benzene rings is 1. The molecule has 108 valence electrons. The van der Waals surface area contributed by atoms with Gasteiger partial charge in [-0.15, -0.1) is 0 Å². The highest BCUT2D eigenvalue weighted by Crippen LogP contribution is 2.31. The van der Waals surface area contributed by atoms with Gasteiger partial charge in [0.15, 0.2) is 0 Å². The summed E-state index contributed by atoms with van der Waals surface area (Å²) >= 11 is 0. The van der Waals surface area contributed by atoms with Crippen molar-refractivity contribution in [2.24, 2.45) is 5.92 Å². The Morgan fingerprint density at radius 3 is 2.62 bits per heavy atom. The molecule has 0 spiro atoms. The topological polar surface area (TPSA) is 51.2 Å². The predicted molar refractivity (Wildman–Crippen MR) is 80.6 cm³/mol. The van der Waals surface area contributed by atoms with Gasteiger partial charge in [0.25, 0.3) is 0 Å². The molecule has 2 aromatic rings. The van der Waals surface area contributed by atoms with Crippen LogP contribution in [0.1, 0.15) is 18.4 Å². The summed E-state index contributed by atoms with van der Waals surface area (Å²) in [6.07, 6.45) is 3.42. The fourth-order valence-corrected chi connectivity index (χ4v) is 2.37. The summed E-state index contributed by atoms with van der Waals surface area (Å²) in [5.41, 5.74) is 1.17. The van der Waals surface area contributed by atoms with Crippen molar-refractivity contribution in [2.45, 2.75) is 25.6 Å². The van der Waals surface area contributed by atoms with E-state index in [2.05, 4.69) is 10.3 Å². The molecule has 1 aromatic carbocycles. The predicted octanol–water partition coefficient (Wildman–Crippen LogP) is 3.02. The lowest BCUT2D eigenvalue weighted by atomic mass is 9.81. The van der Waals surface area contributed by atoms with E-state index in [-0.39, 0.29) is 17.9 Å². The van der Waals surface area contributed by atoms with Crippen LogP contribution in [0.3, 0.4) is 0 Å². The summed E-state index contributed by atoms with van der Waals surface area (Å²) in [5.74, 6) is 0.678. The molecule has 0 radical (unpaired) electrons. The third-order valence-corrected chi connectivity index (χ3v) is 3.71. The Morgan fingerprint density at radius 2 is 1.90 bits per heavy atom. The van der Waals surface area contributed by atoms with Crippen molar-refractivity contribution in [3.63, 3.8) is 0 Å². The number of hydrogen-bond acceptors (Lipinski definition) is 3. The van der Waals surface area contributed by atoms with Crippen molar-refractivity contribution in [3.05, 3.63) is 60.3 Å². The molecule has 4 nitrogen and oxygen atoms in total. The fourth-order valence-electron chi connectivity index (χ4n) is 2.37. The number of aromatic nitrogens is 1. The van der Waals surface area contributed by atoms with Gasteiger partial charge in [0.2, 0.25) is 5.91 Å². The van der Waals surface area contributed by atoms with Crippen LogP contribution in [-0.4, -0.2) is 17.0 Å². The summed E-state index contributed by atoms with van der Waals surface area (Å²) in [6, 6.07) is 15.6. The average molecular weight is 282 g/mol. The minimum atomic E-state index is 0.0350. The second-order valence-electron chi connectivity index (χ2n) is 5.29. The molecule has 0 atom stereocenters. The van der Waals surface area contributed by atoms with Gasteiger partial charge in [0.05, 0.1) is 12.7 Å². The van der Waals surface area contributed by atoms with Crippen LogP contribution in [0.5, 0.6) is 0 Å². The third kappa shape index (κ3) is 3.67. The van der Waals surface area contributed by atoms with Gasteiger partial charge in [0, 0.05) is 12.1 Å². The number of pyridine rings is 1. The van der Waals surface area contributed by atoms with Gasteiger partial charge < -0.3 is 10.1 Å². The summed E-state index contributed by atoms with van der Waals surface area (Å²) < 4.78 is 5.80. The van der Waals surface area contributed by atoms with E-state index in [9.17, 15) is 4.79 Å². The Kier molecular flexibility index (Phi) is 4.26. The van der Waals surface area contributed by atoms with Crippen molar-refractivity contribution in [1.29, 1.82) is 0 Å². The maximum absolute atomic E-state index is 12.0. The highest BCUT2D eigenvalue weighted by Gasteiger charge is 2.35. The molecule has 0 unspecified atom stereocenters. The number of rotatable bonds is 5. The lowest BCUT2D eigenvalue weighted by molar-refractivity contribution is -0.129. The minimum Gasteiger partial charge on any atom is -0.373 e. The average Bonchev–Trinajstić information content (AvgIpc) is 2.47. The maximum Gasteiger partial charge on any atom is 0.228 e. The standard InChI is InChI=1S/C17H18N2O2/c20-17(19-16-8-4-5-9-18-16)14-10-15(11-14)21-12-13-6-2-1-3-7-13/h1-9,14-15H,10-12H2,(H,18,19,20)/t14-,15-. The van der Waals surface area contributed by atoms with Crippen LogP contribution >= 0.6 is 0 Å². The molecule has 3 rings (SSSR count). The van der Waals surface area contributed by atoms with Crippen molar-refractivity contribution < 1.29 is 9.53 Å². The van der Waals surface area contributed by atoms with Crippen LogP contribution in [0.15, 0.2) is 54.7 Å². The van der Waals surface area contributed by atoms with Crippen LogP contribution in [0, 0.1) is 5.92 Å². The largest absolute Gasteiger partial charge is 0.373 e. The van der Waals surface area contributed by atoms with E-state index in [0.717, 1.165) is 12.8 Å². The Morgan fingerprint density at radius 1 is 1.14 bits per heavy atom. The van der Waals surface area contributed by atoms with Gasteiger partial charge >= 0.3 is 0 Å². The molecule has 1 aromatic heterocycles. The van der Waals surface area contributed by atoms with Crippen molar-refractivity contribution in [3.8, 4) is 0 Å². The number of carbonyl (C=O) groups is 1. The van der Waals surface area contributed by atoms with E-state index in [1.165, 1.54) is 5.56 Å². The Balaban J connectivity index is 1.40. The lowest BCUT2D eigenvalue weighted by Gasteiger charge is -2.33. The van der Waals surface area contributed by atoms with E-state index in [4.69, 9.17) is 4.74 Å². The molecule has 4 heteroatoms. The second-order valence-corrected chi connectivity index (χ2v) is 5.29. The van der Waals surface area contributed by atoms with Crippen molar-refractivity contribution in [1.82, 2.24) is 4.98 Å². The Labute approximate surface area is 124 Å². The Hall–Kier alpha value is -2.20.